The van der Waals surface area contributed by atoms with E-state index in [1.807, 2.05) is 0 Å². The number of ether oxygens (including phenoxy) is 1. The van der Waals surface area contributed by atoms with Gasteiger partial charge in [-0.25, -0.2) is 10.2 Å². The number of carbonyl (C=O) groups excluding carboxylic acids is 2. The maximum Gasteiger partial charge on any atom is 0.345 e. The van der Waals surface area contributed by atoms with E-state index in [1.165, 1.54) is 60.8 Å². The third kappa shape index (κ3) is 5.60. The molecule has 0 saturated heterocycles. The lowest BCUT2D eigenvalue weighted by Crippen LogP contribution is -2.17. The van der Waals surface area contributed by atoms with E-state index in [4.69, 9.17) is 27.9 Å². The van der Waals surface area contributed by atoms with Crippen LogP contribution in [0.15, 0.2) is 65.8 Å². The Morgan fingerprint density at radius 2 is 1.78 bits per heavy atom. The molecule has 9 nitrogen and oxygen atoms in total. The number of phenolic OH excluding ortho intramolecular Hbond substituents is 1. The van der Waals surface area contributed by atoms with Gasteiger partial charge in [-0.05, 0) is 54.6 Å². The Morgan fingerprint density at radius 1 is 1.06 bits per heavy atom. The Hall–Kier alpha value is -3.95. The van der Waals surface area contributed by atoms with Gasteiger partial charge in [-0.3, -0.25) is 14.9 Å². The van der Waals surface area contributed by atoms with E-state index >= 15 is 0 Å². The van der Waals surface area contributed by atoms with Crippen LogP contribution < -0.4 is 10.2 Å². The van der Waals surface area contributed by atoms with E-state index in [0.29, 0.717) is 5.02 Å². The van der Waals surface area contributed by atoms with Crippen molar-refractivity contribution < 1.29 is 24.4 Å². The van der Waals surface area contributed by atoms with Crippen LogP contribution in [0.3, 0.4) is 0 Å². The maximum absolute atomic E-state index is 12.3. The molecule has 0 spiro atoms. The Bertz CT molecular complexity index is 1230. The first-order valence-electron chi connectivity index (χ1n) is 8.82. The SMILES string of the molecule is O=C(NN=Cc1ccc(OC(=O)c2ccc(Cl)cc2Cl)c([N+](=O)[O-])c1)c1ccc(O)cc1. The number of nitrogens with zero attached hydrogens (tertiary/aromatic N) is 2. The van der Waals surface area contributed by atoms with Gasteiger partial charge in [0.1, 0.15) is 5.75 Å². The molecule has 3 rings (SSSR count). The second-order valence-electron chi connectivity index (χ2n) is 6.24. The van der Waals surface area contributed by atoms with Gasteiger partial charge in [0.05, 0.1) is 21.7 Å². The van der Waals surface area contributed by atoms with Gasteiger partial charge in [0.2, 0.25) is 5.75 Å². The quantitative estimate of drug-likeness (QED) is 0.177. The van der Waals surface area contributed by atoms with E-state index in [1.54, 1.807) is 0 Å². The van der Waals surface area contributed by atoms with Crippen LogP contribution in [0, 0.1) is 10.1 Å². The maximum atomic E-state index is 12.3. The monoisotopic (exact) mass is 473 g/mol. The number of rotatable bonds is 6. The van der Waals surface area contributed by atoms with Crippen molar-refractivity contribution in [2.45, 2.75) is 0 Å². The first-order chi connectivity index (χ1) is 15.2. The number of hydrazone groups is 1. The molecule has 0 aliphatic carbocycles. The second-order valence-corrected chi connectivity index (χ2v) is 7.09. The summed E-state index contributed by atoms with van der Waals surface area (Å²) in [6.45, 7) is 0. The summed E-state index contributed by atoms with van der Waals surface area (Å²) in [7, 11) is 0. The predicted octanol–water partition coefficient (Wildman–Crippen LogP) is 4.59. The molecule has 0 heterocycles. The minimum absolute atomic E-state index is 0.00653. The van der Waals surface area contributed by atoms with Crippen LogP contribution >= 0.6 is 23.2 Å². The number of esters is 1. The molecule has 1 amide bonds. The molecule has 0 bridgehead atoms. The highest BCUT2D eigenvalue weighted by Gasteiger charge is 2.21. The summed E-state index contributed by atoms with van der Waals surface area (Å²) in [6, 6.07) is 13.4. The normalized spacial score (nSPS) is 10.7. The van der Waals surface area contributed by atoms with Crippen LogP contribution in [0.1, 0.15) is 26.3 Å². The zero-order valence-electron chi connectivity index (χ0n) is 16.0. The van der Waals surface area contributed by atoms with Gasteiger partial charge in [-0.2, -0.15) is 5.10 Å². The van der Waals surface area contributed by atoms with Crippen molar-refractivity contribution in [1.29, 1.82) is 0 Å². The van der Waals surface area contributed by atoms with Crippen LogP contribution in [0.5, 0.6) is 11.5 Å². The largest absolute Gasteiger partial charge is 0.508 e. The molecule has 0 aliphatic rings. The predicted molar refractivity (Wildman–Crippen MR) is 118 cm³/mol. The molecular weight excluding hydrogens is 461 g/mol. The van der Waals surface area contributed by atoms with Gasteiger partial charge < -0.3 is 9.84 Å². The van der Waals surface area contributed by atoms with E-state index in [9.17, 15) is 24.8 Å². The molecule has 11 heteroatoms. The zero-order chi connectivity index (χ0) is 23.3. The lowest BCUT2D eigenvalue weighted by molar-refractivity contribution is -0.385. The van der Waals surface area contributed by atoms with Gasteiger partial charge in [0.15, 0.2) is 0 Å². The van der Waals surface area contributed by atoms with Crippen LogP contribution in [-0.4, -0.2) is 28.1 Å². The van der Waals surface area contributed by atoms with Gasteiger partial charge in [0.25, 0.3) is 5.91 Å². The van der Waals surface area contributed by atoms with E-state index in [2.05, 4.69) is 10.5 Å². The van der Waals surface area contributed by atoms with Crippen LogP contribution in [-0.2, 0) is 0 Å². The van der Waals surface area contributed by atoms with E-state index in [-0.39, 0.29) is 33.2 Å². The van der Waals surface area contributed by atoms with Crippen molar-refractivity contribution in [2.75, 3.05) is 0 Å². The number of nitrogens with one attached hydrogen (secondary N) is 1. The molecule has 3 aromatic carbocycles. The molecule has 0 aromatic heterocycles. The first-order valence-corrected chi connectivity index (χ1v) is 9.58. The van der Waals surface area contributed by atoms with Gasteiger partial charge >= 0.3 is 11.7 Å². The van der Waals surface area contributed by atoms with Crippen molar-refractivity contribution >= 4 is 47.0 Å². The first kappa shape index (κ1) is 22.7. The molecule has 162 valence electrons. The Labute approximate surface area is 191 Å². The summed E-state index contributed by atoms with van der Waals surface area (Å²) in [5.41, 5.74) is 2.30. The molecule has 32 heavy (non-hydrogen) atoms. The highest BCUT2D eigenvalue weighted by atomic mass is 35.5. The Balaban J connectivity index is 1.74. The fourth-order valence-corrected chi connectivity index (χ4v) is 2.98. The number of amides is 1. The standard InChI is InChI=1S/C21H13Cl2N3O6/c22-14-4-7-16(17(23)10-14)21(29)32-19-8-1-12(9-18(19)26(30)31)11-24-25-20(28)13-2-5-15(27)6-3-13/h1-11,27H,(H,25,28). The number of phenols is 1. The summed E-state index contributed by atoms with van der Waals surface area (Å²) in [5.74, 6) is -1.72. The number of carbonyl (C=O) groups is 2. The molecule has 0 unspecified atom stereocenters. The number of halogens is 2. The third-order valence-corrected chi connectivity index (χ3v) is 4.59. The third-order valence-electron chi connectivity index (χ3n) is 4.04. The lowest BCUT2D eigenvalue weighted by Gasteiger charge is -2.07. The van der Waals surface area contributed by atoms with Crippen molar-refractivity contribution in [3.63, 3.8) is 0 Å². The topological polar surface area (TPSA) is 131 Å². The summed E-state index contributed by atoms with van der Waals surface area (Å²) in [4.78, 5) is 35.0. The van der Waals surface area contributed by atoms with Gasteiger partial charge in [-0.1, -0.05) is 23.2 Å². The lowest BCUT2D eigenvalue weighted by atomic mass is 10.2. The average molecular weight is 474 g/mol. The highest BCUT2D eigenvalue weighted by molar-refractivity contribution is 6.36. The number of nitro groups is 1. The van der Waals surface area contributed by atoms with Crippen molar-refractivity contribution in [3.8, 4) is 11.5 Å². The molecule has 3 aromatic rings. The van der Waals surface area contributed by atoms with E-state index < -0.39 is 22.5 Å². The second kappa shape index (κ2) is 9.90. The molecule has 0 radical (unpaired) electrons. The van der Waals surface area contributed by atoms with Crippen molar-refractivity contribution in [2.24, 2.45) is 5.10 Å². The number of aromatic hydroxyl groups is 1. The highest BCUT2D eigenvalue weighted by Crippen LogP contribution is 2.29. The summed E-state index contributed by atoms with van der Waals surface area (Å²) in [5, 5.41) is 24.8. The summed E-state index contributed by atoms with van der Waals surface area (Å²) < 4.78 is 5.14. The number of benzene rings is 3. The van der Waals surface area contributed by atoms with Gasteiger partial charge in [-0.15, -0.1) is 0 Å². The fraction of sp³-hybridized carbons (Fsp3) is 0. The number of nitro benzene ring substituents is 1. The van der Waals surface area contributed by atoms with Crippen molar-refractivity contribution in [1.82, 2.24) is 5.43 Å². The van der Waals surface area contributed by atoms with Crippen LogP contribution in [0.25, 0.3) is 0 Å². The fourth-order valence-electron chi connectivity index (χ4n) is 2.50. The summed E-state index contributed by atoms with van der Waals surface area (Å²) >= 11 is 11.8. The molecule has 2 N–H and O–H groups in total. The Morgan fingerprint density at radius 3 is 2.44 bits per heavy atom. The van der Waals surface area contributed by atoms with Crippen LogP contribution in [0.4, 0.5) is 5.69 Å². The smallest absolute Gasteiger partial charge is 0.345 e. The average Bonchev–Trinajstić information content (AvgIpc) is 2.74. The van der Waals surface area contributed by atoms with Gasteiger partial charge in [0, 0.05) is 22.2 Å². The zero-order valence-corrected chi connectivity index (χ0v) is 17.5. The number of hydrogen-bond donors (Lipinski definition) is 2. The summed E-state index contributed by atoms with van der Waals surface area (Å²) in [6.07, 6.45) is 1.19. The molecule has 0 saturated carbocycles. The molecule has 0 aliphatic heterocycles. The molecule has 0 atom stereocenters. The number of hydrogen-bond acceptors (Lipinski definition) is 7. The molecular formula is C21H13Cl2N3O6. The van der Waals surface area contributed by atoms with E-state index in [0.717, 1.165) is 6.07 Å². The van der Waals surface area contributed by atoms with Crippen molar-refractivity contribution in [3.05, 3.63) is 97.5 Å². The molecule has 0 fully saturated rings. The minimum atomic E-state index is -0.891. The Kier molecular flexibility index (Phi) is 7.04. The minimum Gasteiger partial charge on any atom is -0.508 e. The van der Waals surface area contributed by atoms with Crippen LogP contribution in [0.2, 0.25) is 10.0 Å².